The number of anilines is 1. The molecule has 5 N–H and O–H groups in total. The Balaban J connectivity index is 2.38. The molecule has 0 aromatic carbocycles. The maximum atomic E-state index is 12.1. The van der Waals surface area contributed by atoms with E-state index in [1.165, 1.54) is 14.2 Å². The zero-order valence-corrected chi connectivity index (χ0v) is 13.0. The van der Waals surface area contributed by atoms with E-state index in [4.69, 9.17) is 14.6 Å². The van der Waals surface area contributed by atoms with E-state index >= 15 is 0 Å². The van der Waals surface area contributed by atoms with Gasteiger partial charge in [-0.1, -0.05) is 0 Å². The average Bonchev–Trinajstić information content (AvgIpc) is 2.58. The van der Waals surface area contributed by atoms with Gasteiger partial charge in [0.05, 0.1) is 13.7 Å². The number of aliphatic hydroxyl groups excluding tert-OH is 4. The highest BCUT2D eigenvalue weighted by Crippen LogP contribution is 2.23. The van der Waals surface area contributed by atoms with Gasteiger partial charge in [-0.25, -0.2) is 0 Å². The van der Waals surface area contributed by atoms with Crippen molar-refractivity contribution in [3.8, 4) is 6.01 Å². The summed E-state index contributed by atoms with van der Waals surface area (Å²) in [7, 11) is 2.64. The number of nitrogens with one attached hydrogen (secondary N) is 1. The number of carbonyl (C=O) groups is 1. The number of methoxy groups -OCH3 is 1. The topological polar surface area (TPSA) is 163 Å². The van der Waals surface area contributed by atoms with Crippen LogP contribution >= 0.6 is 0 Å². The second kappa shape index (κ2) is 7.23. The second-order valence-corrected chi connectivity index (χ2v) is 5.24. The van der Waals surface area contributed by atoms with Crippen molar-refractivity contribution in [1.29, 1.82) is 0 Å². The van der Waals surface area contributed by atoms with Gasteiger partial charge in [0.25, 0.3) is 5.56 Å². The monoisotopic (exact) mass is 345 g/mol. The predicted octanol–water partition coefficient (Wildman–Crippen LogP) is -3.19. The van der Waals surface area contributed by atoms with E-state index in [1.807, 2.05) is 0 Å². The van der Waals surface area contributed by atoms with Crippen LogP contribution in [0.5, 0.6) is 6.01 Å². The fourth-order valence-corrected chi connectivity index (χ4v) is 2.35. The van der Waals surface area contributed by atoms with Crippen LogP contribution in [0.3, 0.4) is 0 Å². The molecule has 0 unspecified atom stereocenters. The lowest BCUT2D eigenvalue weighted by molar-refractivity contribution is -0.221. The van der Waals surface area contributed by atoms with Gasteiger partial charge in [-0.3, -0.25) is 14.2 Å². The average molecular weight is 345 g/mol. The van der Waals surface area contributed by atoms with Gasteiger partial charge in [-0.15, -0.1) is 0 Å². The second-order valence-electron chi connectivity index (χ2n) is 5.24. The Labute approximate surface area is 136 Å². The Morgan fingerprint density at radius 3 is 2.54 bits per heavy atom. The molecule has 11 heteroatoms. The number of aromatic nitrogens is 2. The van der Waals surface area contributed by atoms with E-state index in [9.17, 15) is 24.9 Å². The summed E-state index contributed by atoms with van der Waals surface area (Å²) in [5, 5.41) is 41.2. The number of hydrogen-bond donors (Lipinski definition) is 5. The molecule has 2 heterocycles. The van der Waals surface area contributed by atoms with Crippen LogP contribution in [-0.2, 0) is 11.8 Å². The molecule has 1 fully saturated rings. The highest BCUT2D eigenvalue weighted by atomic mass is 16.6. The van der Waals surface area contributed by atoms with Gasteiger partial charge in [0, 0.05) is 7.05 Å². The third-order valence-corrected chi connectivity index (χ3v) is 3.76. The fourth-order valence-electron chi connectivity index (χ4n) is 2.35. The van der Waals surface area contributed by atoms with Crippen LogP contribution in [0.15, 0.2) is 4.79 Å². The van der Waals surface area contributed by atoms with Crippen LogP contribution in [0.2, 0.25) is 0 Å². The minimum atomic E-state index is -1.61. The predicted molar refractivity (Wildman–Crippen MR) is 78.8 cm³/mol. The van der Waals surface area contributed by atoms with Crippen molar-refractivity contribution in [3.05, 3.63) is 15.9 Å². The molecule has 1 aliphatic rings. The Morgan fingerprint density at radius 2 is 2.00 bits per heavy atom. The summed E-state index contributed by atoms with van der Waals surface area (Å²) < 4.78 is 11.2. The van der Waals surface area contributed by atoms with Crippen molar-refractivity contribution in [2.75, 3.05) is 19.0 Å². The van der Waals surface area contributed by atoms with E-state index in [1.54, 1.807) is 0 Å². The van der Waals surface area contributed by atoms with E-state index in [0.29, 0.717) is 0 Å². The SMILES string of the molecule is COc1nc(N[C@H]2O[C@@H](CO)[C@@H](O)[C@@H](O)[C@H]2O)c(C=O)c(=O)n1C. The first-order valence-corrected chi connectivity index (χ1v) is 7.03. The molecule has 0 radical (unpaired) electrons. The number of carbonyl (C=O) groups excluding carboxylic acids is 1. The molecule has 5 atom stereocenters. The van der Waals surface area contributed by atoms with Crippen LogP contribution in [0.4, 0.5) is 5.82 Å². The smallest absolute Gasteiger partial charge is 0.300 e. The van der Waals surface area contributed by atoms with Crippen LogP contribution < -0.4 is 15.6 Å². The Hall–Kier alpha value is -2.05. The van der Waals surface area contributed by atoms with Gasteiger partial charge < -0.3 is 35.2 Å². The standard InChI is InChI=1S/C13H19N3O8/c1-16-12(22)5(3-17)10(15-13(16)23-2)14-11-9(21)8(20)7(19)6(4-18)24-11/h3,6-9,11,14,18-21H,4H2,1-2H3/t6-,7+,8+,9+,11-/m0/s1. The Morgan fingerprint density at radius 1 is 1.33 bits per heavy atom. The van der Waals surface area contributed by atoms with Gasteiger partial charge >= 0.3 is 6.01 Å². The van der Waals surface area contributed by atoms with Crippen LogP contribution in [0.25, 0.3) is 0 Å². The molecule has 0 aliphatic carbocycles. The Bertz CT molecular complexity index is 661. The van der Waals surface area contributed by atoms with Crippen molar-refractivity contribution in [2.24, 2.45) is 7.05 Å². The summed E-state index contributed by atoms with van der Waals surface area (Å²) in [5.41, 5.74) is -1.03. The molecular formula is C13H19N3O8. The van der Waals surface area contributed by atoms with Crippen molar-refractivity contribution < 1.29 is 34.7 Å². The van der Waals surface area contributed by atoms with E-state index in [0.717, 1.165) is 4.57 Å². The molecule has 2 rings (SSSR count). The first kappa shape index (κ1) is 18.3. The lowest BCUT2D eigenvalue weighted by Gasteiger charge is -2.40. The first-order chi connectivity index (χ1) is 11.3. The summed E-state index contributed by atoms with van der Waals surface area (Å²) in [5.74, 6) is -0.228. The molecule has 134 valence electrons. The summed E-state index contributed by atoms with van der Waals surface area (Å²) in [6, 6.07) is -0.0994. The van der Waals surface area contributed by atoms with Crippen molar-refractivity contribution in [2.45, 2.75) is 30.6 Å². The molecule has 0 bridgehead atoms. The molecule has 24 heavy (non-hydrogen) atoms. The largest absolute Gasteiger partial charge is 0.468 e. The van der Waals surface area contributed by atoms with Gasteiger partial charge in [0.15, 0.2) is 12.5 Å². The number of aliphatic hydroxyl groups is 4. The summed E-state index contributed by atoms with van der Waals surface area (Å²) in [4.78, 5) is 27.2. The summed E-state index contributed by atoms with van der Waals surface area (Å²) >= 11 is 0. The van der Waals surface area contributed by atoms with E-state index < -0.39 is 42.8 Å². The third-order valence-electron chi connectivity index (χ3n) is 3.76. The van der Waals surface area contributed by atoms with E-state index in [2.05, 4.69) is 10.3 Å². The maximum Gasteiger partial charge on any atom is 0.300 e. The molecule has 0 amide bonds. The molecule has 0 spiro atoms. The quantitative estimate of drug-likeness (QED) is 0.344. The van der Waals surface area contributed by atoms with Crippen LogP contribution in [0, 0.1) is 0 Å². The minimum absolute atomic E-state index is 0.0994. The fraction of sp³-hybridized carbons (Fsp3) is 0.615. The molecule has 1 saturated heterocycles. The van der Waals surface area contributed by atoms with Crippen LogP contribution in [-0.4, -0.2) is 80.6 Å². The van der Waals surface area contributed by atoms with Gasteiger partial charge in [-0.2, -0.15) is 4.98 Å². The lowest BCUT2D eigenvalue weighted by Crippen LogP contribution is -2.60. The third kappa shape index (κ3) is 3.12. The number of rotatable bonds is 5. The zero-order chi connectivity index (χ0) is 18.0. The molecular weight excluding hydrogens is 326 g/mol. The molecule has 0 saturated carbocycles. The summed E-state index contributed by atoms with van der Waals surface area (Å²) in [6.45, 7) is -0.614. The molecule has 1 aromatic rings. The first-order valence-electron chi connectivity index (χ1n) is 7.03. The number of ether oxygens (including phenoxy) is 2. The van der Waals surface area contributed by atoms with Crippen molar-refractivity contribution >= 4 is 12.1 Å². The highest BCUT2D eigenvalue weighted by Gasteiger charge is 2.43. The van der Waals surface area contributed by atoms with Gasteiger partial charge in [-0.05, 0) is 0 Å². The molecule has 11 nitrogen and oxygen atoms in total. The van der Waals surface area contributed by atoms with Gasteiger partial charge in [0.2, 0.25) is 0 Å². The molecule has 1 aromatic heterocycles. The van der Waals surface area contributed by atoms with E-state index in [-0.39, 0.29) is 23.7 Å². The number of aldehydes is 1. The van der Waals surface area contributed by atoms with Gasteiger partial charge in [0.1, 0.15) is 35.8 Å². The lowest BCUT2D eigenvalue weighted by atomic mass is 9.98. The van der Waals surface area contributed by atoms with Crippen molar-refractivity contribution in [1.82, 2.24) is 9.55 Å². The highest BCUT2D eigenvalue weighted by molar-refractivity contribution is 5.82. The summed E-state index contributed by atoms with van der Waals surface area (Å²) in [6.07, 6.45) is -6.93. The van der Waals surface area contributed by atoms with Crippen molar-refractivity contribution in [3.63, 3.8) is 0 Å². The normalized spacial score (nSPS) is 30.0. The minimum Gasteiger partial charge on any atom is -0.468 e. The zero-order valence-electron chi connectivity index (χ0n) is 13.0. The number of nitrogens with zero attached hydrogens (tertiary/aromatic N) is 2. The Kier molecular flexibility index (Phi) is 5.51. The number of hydrogen-bond acceptors (Lipinski definition) is 10. The maximum absolute atomic E-state index is 12.1. The van der Waals surface area contributed by atoms with Crippen LogP contribution in [0.1, 0.15) is 10.4 Å². The molecule has 1 aliphatic heterocycles.